The van der Waals surface area contributed by atoms with E-state index in [2.05, 4.69) is 10.6 Å². The van der Waals surface area contributed by atoms with Crippen LogP contribution in [0.5, 0.6) is 5.75 Å². The molecule has 0 aliphatic heterocycles. The Morgan fingerprint density at radius 3 is 2.44 bits per heavy atom. The van der Waals surface area contributed by atoms with Crippen molar-refractivity contribution in [2.75, 3.05) is 25.2 Å². The molecule has 172 valence electrons. The average Bonchev–Trinajstić information content (AvgIpc) is 3.30. The van der Waals surface area contributed by atoms with Gasteiger partial charge in [-0.2, -0.15) is 11.8 Å². The van der Waals surface area contributed by atoms with Crippen LogP contribution in [0.4, 0.5) is 4.39 Å². The molecule has 7 heteroatoms. The molecule has 2 N–H and O–H groups in total. The van der Waals surface area contributed by atoms with Crippen molar-refractivity contribution >= 4 is 23.6 Å². The minimum absolute atomic E-state index is 0.146. The molecule has 1 saturated carbocycles. The van der Waals surface area contributed by atoms with E-state index >= 15 is 0 Å². The molecule has 1 aliphatic carbocycles. The number of halogens is 1. The molecule has 2 aromatic carbocycles. The summed E-state index contributed by atoms with van der Waals surface area (Å²) in [5, 5.41) is 5.89. The number of thioether (sulfide) groups is 1. The van der Waals surface area contributed by atoms with Crippen molar-refractivity contribution in [2.45, 2.75) is 43.6 Å². The van der Waals surface area contributed by atoms with Crippen molar-refractivity contribution in [3.8, 4) is 5.75 Å². The van der Waals surface area contributed by atoms with Crippen LogP contribution in [0.15, 0.2) is 54.6 Å². The summed E-state index contributed by atoms with van der Waals surface area (Å²) in [7, 11) is 0. The van der Waals surface area contributed by atoms with Gasteiger partial charge in [0.1, 0.15) is 17.6 Å². The van der Waals surface area contributed by atoms with Gasteiger partial charge in [-0.25, -0.2) is 4.39 Å². The van der Waals surface area contributed by atoms with E-state index in [0.29, 0.717) is 18.7 Å². The summed E-state index contributed by atoms with van der Waals surface area (Å²) in [5.74, 6) is 0.574. The number of para-hydroxylation sites is 1. The number of nitrogens with one attached hydrogen (secondary N) is 2. The van der Waals surface area contributed by atoms with Crippen LogP contribution in [-0.2, 0) is 15.0 Å². The molecule has 0 spiro atoms. The number of amides is 2. The second-order valence-corrected chi connectivity index (χ2v) is 9.20. The molecule has 2 aromatic rings. The van der Waals surface area contributed by atoms with E-state index < -0.39 is 6.04 Å². The molecule has 0 aromatic heterocycles. The van der Waals surface area contributed by atoms with Crippen molar-refractivity contribution in [1.29, 1.82) is 0 Å². The number of benzene rings is 2. The first-order valence-corrected chi connectivity index (χ1v) is 12.4. The highest BCUT2D eigenvalue weighted by Gasteiger charge is 2.36. The Balaban J connectivity index is 1.59. The monoisotopic (exact) mass is 458 g/mol. The molecule has 3 rings (SSSR count). The van der Waals surface area contributed by atoms with Gasteiger partial charge in [-0.15, -0.1) is 0 Å². The molecule has 0 heterocycles. The topological polar surface area (TPSA) is 67.4 Å². The number of hydrogen-bond acceptors (Lipinski definition) is 4. The van der Waals surface area contributed by atoms with E-state index in [1.54, 1.807) is 23.9 Å². The molecular formula is C25H31FN2O3S. The van der Waals surface area contributed by atoms with E-state index in [1.807, 2.05) is 36.6 Å². The lowest BCUT2D eigenvalue weighted by molar-refractivity contribution is -0.130. The quantitative estimate of drug-likeness (QED) is 0.533. The summed E-state index contributed by atoms with van der Waals surface area (Å²) < 4.78 is 18.9. The molecule has 1 aliphatic rings. The zero-order valence-corrected chi connectivity index (χ0v) is 19.3. The second-order valence-electron chi connectivity index (χ2n) is 8.22. The summed E-state index contributed by atoms with van der Waals surface area (Å²) in [4.78, 5) is 25.4. The summed E-state index contributed by atoms with van der Waals surface area (Å²) >= 11 is 1.63. The first kappa shape index (κ1) is 24.1. The normalized spacial score (nSPS) is 15.7. The predicted molar refractivity (Wildman–Crippen MR) is 126 cm³/mol. The maximum absolute atomic E-state index is 13.4. The van der Waals surface area contributed by atoms with Gasteiger partial charge in [0.05, 0.1) is 0 Å². The van der Waals surface area contributed by atoms with E-state index in [9.17, 15) is 14.0 Å². The molecule has 1 atom stereocenters. The van der Waals surface area contributed by atoms with Crippen molar-refractivity contribution in [1.82, 2.24) is 10.6 Å². The summed E-state index contributed by atoms with van der Waals surface area (Å²) in [6.07, 6.45) is 6.57. The average molecular weight is 459 g/mol. The minimum Gasteiger partial charge on any atom is -0.484 e. The molecule has 32 heavy (non-hydrogen) atoms. The third-order valence-corrected chi connectivity index (χ3v) is 6.64. The van der Waals surface area contributed by atoms with Crippen LogP contribution in [0, 0.1) is 5.82 Å². The molecule has 0 saturated heterocycles. The molecule has 0 bridgehead atoms. The maximum atomic E-state index is 13.4. The Bertz CT molecular complexity index is 871. The van der Waals surface area contributed by atoms with Crippen LogP contribution >= 0.6 is 11.8 Å². The number of carbonyl (C=O) groups excluding carboxylic acids is 2. The molecule has 1 unspecified atom stereocenters. The van der Waals surface area contributed by atoms with Gasteiger partial charge in [-0.3, -0.25) is 9.59 Å². The molecule has 0 radical (unpaired) electrons. The van der Waals surface area contributed by atoms with Crippen molar-refractivity contribution in [3.05, 3.63) is 66.0 Å². The fourth-order valence-corrected chi connectivity index (χ4v) is 4.68. The van der Waals surface area contributed by atoms with Crippen LogP contribution < -0.4 is 15.4 Å². The molecular weight excluding hydrogens is 427 g/mol. The molecule has 5 nitrogen and oxygen atoms in total. The van der Waals surface area contributed by atoms with E-state index in [0.717, 1.165) is 37.0 Å². The van der Waals surface area contributed by atoms with Crippen LogP contribution in [0.2, 0.25) is 0 Å². The SMILES string of the molecule is CSCCC(NC(=O)COc1ccccc1)C(=O)NCC1(c2ccc(F)cc2)CCCC1. The standard InChI is InChI=1S/C25H31FN2O3S/c1-32-16-13-22(28-23(29)17-31-21-7-3-2-4-8-21)24(30)27-18-25(14-5-6-15-25)19-9-11-20(26)12-10-19/h2-4,7-12,22H,5-6,13-18H2,1H3,(H,27,30)(H,28,29). The first-order valence-electron chi connectivity index (χ1n) is 11.0. The van der Waals surface area contributed by atoms with Gasteiger partial charge in [0, 0.05) is 12.0 Å². The Hall–Kier alpha value is -2.54. The fourth-order valence-electron chi connectivity index (χ4n) is 4.21. The third kappa shape index (κ3) is 6.73. The van der Waals surface area contributed by atoms with Crippen molar-refractivity contribution in [3.63, 3.8) is 0 Å². The third-order valence-electron chi connectivity index (χ3n) is 5.99. The number of rotatable bonds is 11. The minimum atomic E-state index is -0.624. The van der Waals surface area contributed by atoms with Crippen LogP contribution in [0.3, 0.4) is 0 Å². The summed E-state index contributed by atoms with van der Waals surface area (Å²) in [6.45, 7) is 0.330. The molecule has 2 amide bonds. The van der Waals surface area contributed by atoms with Gasteiger partial charge in [-0.05, 0) is 61.1 Å². The number of carbonyl (C=O) groups is 2. The highest BCUT2D eigenvalue weighted by molar-refractivity contribution is 7.98. The highest BCUT2D eigenvalue weighted by atomic mass is 32.2. The Morgan fingerprint density at radius 2 is 1.78 bits per heavy atom. The van der Waals surface area contributed by atoms with Crippen LogP contribution in [-0.4, -0.2) is 43.0 Å². The molecule has 1 fully saturated rings. The predicted octanol–water partition coefficient (Wildman–Crippen LogP) is 4.07. The maximum Gasteiger partial charge on any atom is 0.258 e. The Labute approximate surface area is 193 Å². The second kappa shape index (κ2) is 11.9. The number of hydrogen-bond donors (Lipinski definition) is 2. The number of ether oxygens (including phenoxy) is 1. The zero-order chi connectivity index (χ0) is 22.8. The van der Waals surface area contributed by atoms with Crippen LogP contribution in [0.1, 0.15) is 37.7 Å². The summed E-state index contributed by atoms with van der Waals surface area (Å²) in [6, 6.07) is 15.1. The van der Waals surface area contributed by atoms with Gasteiger partial charge >= 0.3 is 0 Å². The Kier molecular flexibility index (Phi) is 8.97. The van der Waals surface area contributed by atoms with Crippen molar-refractivity contribution < 1.29 is 18.7 Å². The van der Waals surface area contributed by atoms with Crippen LogP contribution in [0.25, 0.3) is 0 Å². The first-order chi connectivity index (χ1) is 15.5. The van der Waals surface area contributed by atoms with Crippen molar-refractivity contribution in [2.24, 2.45) is 0 Å². The van der Waals surface area contributed by atoms with Gasteiger partial charge < -0.3 is 15.4 Å². The zero-order valence-electron chi connectivity index (χ0n) is 18.4. The van der Waals surface area contributed by atoms with E-state index in [1.165, 1.54) is 12.1 Å². The smallest absolute Gasteiger partial charge is 0.258 e. The Morgan fingerprint density at radius 1 is 1.09 bits per heavy atom. The van der Waals surface area contributed by atoms with E-state index in [-0.39, 0.29) is 29.7 Å². The lowest BCUT2D eigenvalue weighted by Gasteiger charge is -2.31. The van der Waals surface area contributed by atoms with Gasteiger partial charge in [0.25, 0.3) is 5.91 Å². The van der Waals surface area contributed by atoms with Gasteiger partial charge in [-0.1, -0.05) is 43.2 Å². The fraction of sp³-hybridized carbons (Fsp3) is 0.440. The van der Waals surface area contributed by atoms with E-state index in [4.69, 9.17) is 4.74 Å². The van der Waals surface area contributed by atoms with Gasteiger partial charge in [0.2, 0.25) is 5.91 Å². The highest BCUT2D eigenvalue weighted by Crippen LogP contribution is 2.40. The lowest BCUT2D eigenvalue weighted by Crippen LogP contribution is -2.51. The van der Waals surface area contributed by atoms with Gasteiger partial charge in [0.15, 0.2) is 6.61 Å². The lowest BCUT2D eigenvalue weighted by atomic mass is 9.78. The largest absolute Gasteiger partial charge is 0.484 e. The summed E-state index contributed by atoms with van der Waals surface area (Å²) in [5.41, 5.74) is 0.867.